The van der Waals surface area contributed by atoms with Crippen LogP contribution in [0.4, 0.5) is 0 Å². The van der Waals surface area contributed by atoms with Crippen molar-refractivity contribution in [2.75, 3.05) is 13.7 Å². The van der Waals surface area contributed by atoms with E-state index in [9.17, 15) is 0 Å². The van der Waals surface area contributed by atoms with Gasteiger partial charge in [-0.15, -0.1) is 0 Å². The predicted molar refractivity (Wildman–Crippen MR) is 76.6 cm³/mol. The van der Waals surface area contributed by atoms with Gasteiger partial charge in [0.1, 0.15) is 5.75 Å². The van der Waals surface area contributed by atoms with Crippen molar-refractivity contribution in [3.05, 3.63) is 28.8 Å². The fourth-order valence-electron chi connectivity index (χ4n) is 2.41. The van der Waals surface area contributed by atoms with Crippen molar-refractivity contribution in [1.82, 2.24) is 0 Å². The first-order valence-electron chi connectivity index (χ1n) is 6.83. The molecule has 0 atom stereocenters. The Bertz CT molecular complexity index is 381. The molecule has 0 aromatic heterocycles. The molecule has 18 heavy (non-hydrogen) atoms. The van der Waals surface area contributed by atoms with E-state index < -0.39 is 0 Å². The smallest absolute Gasteiger partial charge is 0.125 e. The highest BCUT2D eigenvalue weighted by atomic mass is 16.5. The van der Waals surface area contributed by atoms with E-state index in [-0.39, 0.29) is 6.61 Å². The number of benzene rings is 1. The summed E-state index contributed by atoms with van der Waals surface area (Å²) in [6, 6.07) is 4.40. The molecule has 0 heterocycles. The molecule has 0 spiro atoms. The van der Waals surface area contributed by atoms with E-state index in [4.69, 9.17) is 9.84 Å². The van der Waals surface area contributed by atoms with Crippen LogP contribution in [0.3, 0.4) is 0 Å². The lowest BCUT2D eigenvalue weighted by Gasteiger charge is -2.21. The number of hydrogen-bond acceptors (Lipinski definition) is 2. The third-order valence-corrected chi connectivity index (χ3v) is 3.36. The third kappa shape index (κ3) is 3.26. The first-order chi connectivity index (χ1) is 8.52. The van der Waals surface area contributed by atoms with Crippen molar-refractivity contribution >= 4 is 0 Å². The number of rotatable bonds is 6. The summed E-state index contributed by atoms with van der Waals surface area (Å²) in [4.78, 5) is 0. The highest BCUT2D eigenvalue weighted by Gasteiger charge is 2.17. The Labute approximate surface area is 111 Å². The minimum Gasteiger partial charge on any atom is -0.496 e. The van der Waals surface area contributed by atoms with Gasteiger partial charge < -0.3 is 9.84 Å². The largest absolute Gasteiger partial charge is 0.496 e. The molecule has 102 valence electrons. The molecule has 1 aromatic rings. The van der Waals surface area contributed by atoms with Crippen LogP contribution >= 0.6 is 0 Å². The summed E-state index contributed by atoms with van der Waals surface area (Å²) >= 11 is 0. The zero-order valence-corrected chi connectivity index (χ0v) is 12.3. The van der Waals surface area contributed by atoms with Crippen molar-refractivity contribution in [2.45, 2.75) is 52.4 Å². The Morgan fingerprint density at radius 1 is 1.06 bits per heavy atom. The fourth-order valence-corrected chi connectivity index (χ4v) is 2.41. The van der Waals surface area contributed by atoms with Gasteiger partial charge in [0.05, 0.1) is 7.11 Å². The Hall–Kier alpha value is -1.02. The van der Waals surface area contributed by atoms with Crippen LogP contribution in [0.15, 0.2) is 12.1 Å². The summed E-state index contributed by atoms with van der Waals surface area (Å²) in [5.41, 5.74) is 3.87. The van der Waals surface area contributed by atoms with Crippen molar-refractivity contribution in [3.8, 4) is 5.75 Å². The zero-order valence-electron chi connectivity index (χ0n) is 12.3. The number of aliphatic hydroxyl groups is 1. The summed E-state index contributed by atoms with van der Waals surface area (Å²) < 4.78 is 5.64. The van der Waals surface area contributed by atoms with Gasteiger partial charge in [-0.2, -0.15) is 0 Å². The van der Waals surface area contributed by atoms with E-state index in [1.54, 1.807) is 7.11 Å². The van der Waals surface area contributed by atoms with Gasteiger partial charge >= 0.3 is 0 Å². The molecule has 2 heteroatoms. The highest BCUT2D eigenvalue weighted by molar-refractivity contribution is 5.49. The maximum Gasteiger partial charge on any atom is 0.125 e. The fraction of sp³-hybridized carbons (Fsp3) is 0.625. The Kier molecular flexibility index (Phi) is 5.67. The molecule has 0 amide bonds. The average molecular weight is 250 g/mol. The van der Waals surface area contributed by atoms with Crippen LogP contribution in [0.5, 0.6) is 5.75 Å². The topological polar surface area (TPSA) is 29.5 Å². The molecule has 2 nitrogen and oxygen atoms in total. The van der Waals surface area contributed by atoms with E-state index >= 15 is 0 Å². The van der Waals surface area contributed by atoms with E-state index in [1.165, 1.54) is 16.7 Å². The molecule has 0 radical (unpaired) electrons. The normalized spacial score (nSPS) is 11.3. The second kappa shape index (κ2) is 6.79. The van der Waals surface area contributed by atoms with Crippen LogP contribution in [-0.2, 0) is 6.42 Å². The van der Waals surface area contributed by atoms with Crippen LogP contribution in [0.2, 0.25) is 0 Å². The lowest BCUT2D eigenvalue weighted by molar-refractivity contribution is 0.287. The minimum atomic E-state index is 0.229. The maximum atomic E-state index is 9.06. The third-order valence-electron chi connectivity index (χ3n) is 3.36. The number of hydrogen-bond donors (Lipinski definition) is 1. The molecule has 0 aliphatic heterocycles. The molecule has 0 fully saturated rings. The van der Waals surface area contributed by atoms with E-state index in [2.05, 4.69) is 39.8 Å². The first kappa shape index (κ1) is 15.0. The van der Waals surface area contributed by atoms with Gasteiger partial charge in [-0.3, -0.25) is 0 Å². The van der Waals surface area contributed by atoms with Gasteiger partial charge in [-0.25, -0.2) is 0 Å². The second-order valence-electron chi connectivity index (χ2n) is 5.39. The monoisotopic (exact) mass is 250 g/mol. The van der Waals surface area contributed by atoms with Gasteiger partial charge in [-0.1, -0.05) is 39.8 Å². The predicted octanol–water partition coefficient (Wildman–Crippen LogP) is 3.87. The molecule has 0 aliphatic rings. The van der Waals surface area contributed by atoms with Gasteiger partial charge in [-0.05, 0) is 41.4 Å². The average Bonchev–Trinajstić information content (AvgIpc) is 2.34. The highest BCUT2D eigenvalue weighted by Crippen LogP contribution is 2.35. The van der Waals surface area contributed by atoms with E-state index in [0.29, 0.717) is 11.8 Å². The molecule has 1 N–H and O–H groups in total. The van der Waals surface area contributed by atoms with Gasteiger partial charge in [0.2, 0.25) is 0 Å². The molecule has 0 saturated carbocycles. The lowest BCUT2D eigenvalue weighted by atomic mass is 9.89. The number of ether oxygens (including phenoxy) is 1. The molecule has 0 bridgehead atoms. The Morgan fingerprint density at radius 3 is 2.06 bits per heavy atom. The SMILES string of the molecule is COc1c(C(C)C)ccc(C(C)C)c1CCCO. The molecular formula is C16H26O2. The quantitative estimate of drug-likeness (QED) is 0.830. The minimum absolute atomic E-state index is 0.229. The molecule has 1 aromatic carbocycles. The second-order valence-corrected chi connectivity index (χ2v) is 5.39. The Morgan fingerprint density at radius 2 is 1.61 bits per heavy atom. The zero-order chi connectivity index (χ0) is 13.7. The Balaban J connectivity index is 3.31. The van der Waals surface area contributed by atoms with Crippen molar-refractivity contribution in [1.29, 1.82) is 0 Å². The van der Waals surface area contributed by atoms with Gasteiger partial charge in [0, 0.05) is 6.61 Å². The summed E-state index contributed by atoms with van der Waals surface area (Å²) in [5.74, 6) is 1.95. The molecule has 0 saturated heterocycles. The van der Waals surface area contributed by atoms with E-state index in [0.717, 1.165) is 18.6 Å². The van der Waals surface area contributed by atoms with Gasteiger partial charge in [0.25, 0.3) is 0 Å². The van der Waals surface area contributed by atoms with Crippen LogP contribution in [0.1, 0.15) is 62.6 Å². The van der Waals surface area contributed by atoms with Crippen LogP contribution in [-0.4, -0.2) is 18.8 Å². The molecule has 0 aliphatic carbocycles. The summed E-state index contributed by atoms with van der Waals surface area (Å²) in [6.45, 7) is 9.00. The molecular weight excluding hydrogens is 224 g/mol. The van der Waals surface area contributed by atoms with Crippen LogP contribution in [0.25, 0.3) is 0 Å². The lowest BCUT2D eigenvalue weighted by Crippen LogP contribution is -2.05. The summed E-state index contributed by atoms with van der Waals surface area (Å²) in [5, 5.41) is 9.06. The summed E-state index contributed by atoms with van der Waals surface area (Å²) in [6.07, 6.45) is 1.67. The van der Waals surface area contributed by atoms with Crippen molar-refractivity contribution in [2.24, 2.45) is 0 Å². The maximum absolute atomic E-state index is 9.06. The molecule has 0 unspecified atom stereocenters. The summed E-state index contributed by atoms with van der Waals surface area (Å²) in [7, 11) is 1.74. The van der Waals surface area contributed by atoms with E-state index in [1.807, 2.05) is 0 Å². The van der Waals surface area contributed by atoms with Crippen LogP contribution in [0, 0.1) is 0 Å². The molecule has 1 rings (SSSR count). The standard InChI is InChI=1S/C16H26O2/c1-11(2)13-8-9-14(12(3)4)16(18-5)15(13)7-6-10-17/h8-9,11-12,17H,6-7,10H2,1-5H3. The van der Waals surface area contributed by atoms with Crippen molar-refractivity contribution in [3.63, 3.8) is 0 Å². The van der Waals surface area contributed by atoms with Gasteiger partial charge in [0.15, 0.2) is 0 Å². The number of aliphatic hydroxyl groups excluding tert-OH is 1. The number of methoxy groups -OCH3 is 1. The first-order valence-corrected chi connectivity index (χ1v) is 6.83. The van der Waals surface area contributed by atoms with Crippen LogP contribution < -0.4 is 4.74 Å². The van der Waals surface area contributed by atoms with Crippen molar-refractivity contribution < 1.29 is 9.84 Å².